The molecule has 1 aromatic carbocycles. The van der Waals surface area contributed by atoms with Gasteiger partial charge in [0.2, 0.25) is 5.88 Å². The zero-order valence-corrected chi connectivity index (χ0v) is 21.8. The van der Waals surface area contributed by atoms with E-state index in [9.17, 15) is 14.0 Å². The molecule has 38 heavy (non-hydrogen) atoms. The summed E-state index contributed by atoms with van der Waals surface area (Å²) in [5.41, 5.74) is 1.66. The molecule has 1 aliphatic rings. The fourth-order valence-electron chi connectivity index (χ4n) is 4.13. The highest BCUT2D eigenvalue weighted by molar-refractivity contribution is 5.83. The fourth-order valence-corrected chi connectivity index (χ4v) is 4.13. The van der Waals surface area contributed by atoms with Gasteiger partial charge in [0.05, 0.1) is 5.52 Å². The minimum atomic E-state index is -0.759. The number of fused-ring (bicyclic) bond motifs is 1. The van der Waals surface area contributed by atoms with E-state index in [0.717, 1.165) is 44.4 Å². The van der Waals surface area contributed by atoms with Crippen molar-refractivity contribution in [3.8, 4) is 17.7 Å². The van der Waals surface area contributed by atoms with Gasteiger partial charge in [-0.3, -0.25) is 4.90 Å². The first-order chi connectivity index (χ1) is 18.4. The molecule has 5 rings (SSSR count). The second-order valence-electron chi connectivity index (χ2n) is 8.78. The van der Waals surface area contributed by atoms with Crippen LogP contribution in [-0.4, -0.2) is 63.0 Å². The van der Waals surface area contributed by atoms with Gasteiger partial charge in [0, 0.05) is 56.1 Å². The molecule has 9 nitrogen and oxygen atoms in total. The van der Waals surface area contributed by atoms with Crippen LogP contribution in [0, 0.1) is 29.9 Å². The average molecular weight is 521 g/mol. The zero-order chi connectivity index (χ0) is 27.2. The maximum atomic E-state index is 15.0. The van der Waals surface area contributed by atoms with Crippen LogP contribution in [0.3, 0.4) is 0 Å². The molecule has 0 radical (unpaired) electrons. The largest absolute Gasteiger partial charge is 0.434 e. The summed E-state index contributed by atoms with van der Waals surface area (Å²) < 4.78 is 35.0. The van der Waals surface area contributed by atoms with E-state index in [4.69, 9.17) is 4.74 Å². The number of nitrogens with zero attached hydrogens (tertiary/aromatic N) is 6. The van der Waals surface area contributed by atoms with Crippen molar-refractivity contribution in [2.45, 2.75) is 27.3 Å². The number of likely N-dealkylation sites (N-methyl/N-ethyl adjacent to an activating group) is 1. The number of halogens is 2. The lowest BCUT2D eigenvalue weighted by Crippen LogP contribution is -2.43. The molecule has 2 N–H and O–H groups in total. The maximum Gasteiger partial charge on any atom is 0.242 e. The monoisotopic (exact) mass is 520 g/mol. The zero-order valence-electron chi connectivity index (χ0n) is 21.8. The van der Waals surface area contributed by atoms with Crippen LogP contribution in [0.4, 0.5) is 20.4 Å². The maximum absolute atomic E-state index is 15.0. The van der Waals surface area contributed by atoms with Crippen LogP contribution in [0.5, 0.6) is 11.6 Å². The number of rotatable bonds is 6. The summed E-state index contributed by atoms with van der Waals surface area (Å²) in [6.07, 6.45) is 2.95. The van der Waals surface area contributed by atoms with E-state index in [-0.39, 0.29) is 33.9 Å². The van der Waals surface area contributed by atoms with Crippen molar-refractivity contribution >= 4 is 22.5 Å². The van der Waals surface area contributed by atoms with E-state index < -0.39 is 11.6 Å². The summed E-state index contributed by atoms with van der Waals surface area (Å²) in [5.74, 6) is -1.41. The van der Waals surface area contributed by atoms with Crippen molar-refractivity contribution in [1.82, 2.24) is 29.7 Å². The molecule has 0 atom stereocenters. The molecule has 0 unspecified atom stereocenters. The molecule has 3 aromatic heterocycles. The Labute approximate surface area is 220 Å². The van der Waals surface area contributed by atoms with E-state index in [1.54, 1.807) is 19.2 Å². The topological polar surface area (TPSA) is 106 Å². The number of piperazine rings is 1. The summed E-state index contributed by atoms with van der Waals surface area (Å²) in [6, 6.07) is 8.14. The second-order valence-corrected chi connectivity index (χ2v) is 8.78. The minimum Gasteiger partial charge on any atom is -0.434 e. The number of ether oxygens (including phenoxy) is 1. The molecule has 198 valence electrons. The van der Waals surface area contributed by atoms with Crippen LogP contribution in [0.1, 0.15) is 30.7 Å². The second kappa shape index (κ2) is 11.9. The molecule has 1 saturated heterocycles. The Morgan fingerprint density at radius 2 is 1.87 bits per heavy atom. The molecule has 4 heterocycles. The smallest absolute Gasteiger partial charge is 0.242 e. The van der Waals surface area contributed by atoms with E-state index in [1.807, 2.05) is 26.0 Å². The lowest BCUT2D eigenvalue weighted by Gasteiger charge is -2.32. The molecule has 0 spiro atoms. The molecule has 1 aliphatic heterocycles. The summed E-state index contributed by atoms with van der Waals surface area (Å²) in [6.45, 7) is 10.6. The van der Waals surface area contributed by atoms with Gasteiger partial charge in [0.25, 0.3) is 0 Å². The fraction of sp³-hybridized carbons (Fsp3) is 0.333. The van der Waals surface area contributed by atoms with Crippen LogP contribution in [0.15, 0.2) is 36.8 Å². The van der Waals surface area contributed by atoms with E-state index in [0.29, 0.717) is 11.5 Å². The number of hydrogen-bond acceptors (Lipinski definition) is 8. The highest BCUT2D eigenvalue weighted by Gasteiger charge is 2.20. The average Bonchev–Trinajstić information content (AvgIpc) is 3.33. The standard InChI is InChI=1S/C25H24F2N8O.C2H6/c1-15-9-17-22(27)20(10-19(26)23(17)32-15)36-25-18(11-28)24(30-14-31-25)33-21-4-3-16(12-29-21)13-35-7-5-34(2)6-8-35;1-2/h3-4,9-10,12,14,32H,5-8,13H2,1-2H3,(H,29,30,31,33);1-2H3. The summed E-state index contributed by atoms with van der Waals surface area (Å²) in [5, 5.41) is 12.8. The number of aromatic nitrogens is 4. The van der Waals surface area contributed by atoms with Gasteiger partial charge in [-0.2, -0.15) is 5.26 Å². The van der Waals surface area contributed by atoms with Gasteiger partial charge >= 0.3 is 0 Å². The number of benzene rings is 1. The van der Waals surface area contributed by atoms with Crippen LogP contribution in [0.25, 0.3) is 10.9 Å². The number of aromatic amines is 1. The lowest BCUT2D eigenvalue weighted by molar-refractivity contribution is 0.148. The number of anilines is 2. The number of nitriles is 1. The first-order valence-corrected chi connectivity index (χ1v) is 12.4. The van der Waals surface area contributed by atoms with Gasteiger partial charge in [-0.1, -0.05) is 19.9 Å². The molecular weight excluding hydrogens is 490 g/mol. The third-order valence-corrected chi connectivity index (χ3v) is 6.11. The van der Waals surface area contributed by atoms with Crippen LogP contribution in [-0.2, 0) is 6.54 Å². The Morgan fingerprint density at radius 1 is 1.11 bits per heavy atom. The Balaban J connectivity index is 0.00000164. The van der Waals surface area contributed by atoms with Crippen LogP contribution in [0.2, 0.25) is 0 Å². The highest BCUT2D eigenvalue weighted by Crippen LogP contribution is 2.34. The first-order valence-electron chi connectivity index (χ1n) is 12.4. The van der Waals surface area contributed by atoms with Crippen LogP contribution < -0.4 is 10.1 Å². The predicted octanol–water partition coefficient (Wildman–Crippen LogP) is 5.12. The van der Waals surface area contributed by atoms with Gasteiger partial charge in [0.1, 0.15) is 18.2 Å². The molecule has 1 fully saturated rings. The first kappa shape index (κ1) is 26.9. The third kappa shape index (κ3) is 5.88. The van der Waals surface area contributed by atoms with Crippen molar-refractivity contribution in [3.63, 3.8) is 0 Å². The minimum absolute atomic E-state index is 0.0463. The Morgan fingerprint density at radius 3 is 2.55 bits per heavy atom. The van der Waals surface area contributed by atoms with E-state index >= 15 is 0 Å². The van der Waals surface area contributed by atoms with E-state index in [2.05, 4.69) is 42.1 Å². The molecule has 0 amide bonds. The van der Waals surface area contributed by atoms with E-state index in [1.165, 1.54) is 12.4 Å². The number of H-pyrrole nitrogens is 1. The predicted molar refractivity (Wildman–Crippen MR) is 141 cm³/mol. The molecule has 11 heteroatoms. The molecule has 0 aliphatic carbocycles. The Kier molecular flexibility index (Phi) is 8.45. The molecule has 4 aromatic rings. The number of aryl methyl sites for hydroxylation is 1. The number of hydrogen-bond donors (Lipinski definition) is 2. The summed E-state index contributed by atoms with van der Waals surface area (Å²) in [7, 11) is 2.12. The highest BCUT2D eigenvalue weighted by atomic mass is 19.1. The van der Waals surface area contributed by atoms with Gasteiger partial charge < -0.3 is 19.9 Å². The van der Waals surface area contributed by atoms with Crippen LogP contribution >= 0.6 is 0 Å². The van der Waals surface area contributed by atoms with Crippen molar-refractivity contribution < 1.29 is 13.5 Å². The van der Waals surface area contributed by atoms with Gasteiger partial charge in [-0.05, 0) is 31.7 Å². The normalized spacial score (nSPS) is 14.0. The lowest BCUT2D eigenvalue weighted by atomic mass is 10.2. The Hall–Kier alpha value is -4.14. The molecule has 0 saturated carbocycles. The van der Waals surface area contributed by atoms with Crippen molar-refractivity contribution in [3.05, 3.63) is 65.2 Å². The summed E-state index contributed by atoms with van der Waals surface area (Å²) >= 11 is 0. The SMILES string of the molecule is CC.Cc1cc2c(F)c(Oc3ncnc(Nc4ccc(CN5CCN(C)CC5)cn4)c3C#N)cc(F)c2[nH]1. The van der Waals surface area contributed by atoms with Gasteiger partial charge in [0.15, 0.2) is 28.8 Å². The molecular formula is C27H30F2N8O. The third-order valence-electron chi connectivity index (χ3n) is 6.11. The summed E-state index contributed by atoms with van der Waals surface area (Å²) in [4.78, 5) is 20.0. The van der Waals surface area contributed by atoms with Crippen molar-refractivity contribution in [1.29, 1.82) is 5.26 Å². The number of pyridine rings is 1. The molecule has 0 bridgehead atoms. The van der Waals surface area contributed by atoms with Crippen molar-refractivity contribution in [2.75, 3.05) is 38.5 Å². The van der Waals surface area contributed by atoms with Gasteiger partial charge in [-0.15, -0.1) is 0 Å². The quantitative estimate of drug-likeness (QED) is 0.361. The number of nitrogens with one attached hydrogen (secondary N) is 2. The van der Waals surface area contributed by atoms with Crippen molar-refractivity contribution in [2.24, 2.45) is 0 Å². The Bertz CT molecular complexity index is 1440. The van der Waals surface area contributed by atoms with Gasteiger partial charge in [-0.25, -0.2) is 23.7 Å².